The lowest BCUT2D eigenvalue weighted by atomic mass is 10.1. The number of nitrogens with one attached hydrogen (secondary N) is 1. The number of thioether (sulfide) groups is 1. The van der Waals surface area contributed by atoms with Crippen molar-refractivity contribution in [3.05, 3.63) is 47.9 Å². The lowest BCUT2D eigenvalue weighted by Gasteiger charge is -2.19. The first-order valence-electron chi connectivity index (χ1n) is 6.30. The molecular weight excluding hydrogens is 276 g/mol. The second-order valence-electron chi connectivity index (χ2n) is 4.44. The third kappa shape index (κ3) is 3.14. The third-order valence-corrected chi connectivity index (χ3v) is 3.85. The smallest absolute Gasteiger partial charge is 0.258 e. The summed E-state index contributed by atoms with van der Waals surface area (Å²) in [6.45, 7) is 0.237. The standard InChI is InChI=1S/C14H14N2O3S/c17-13-8-20-14(16-13)15-11(12-7-18-9-19-12)6-10-4-2-1-3-5-10/h1-5,7,11H,6,8-9H2,(H,15,16,17). The van der Waals surface area contributed by atoms with Crippen molar-refractivity contribution in [3.8, 4) is 0 Å². The zero-order valence-electron chi connectivity index (χ0n) is 10.7. The van der Waals surface area contributed by atoms with Crippen molar-refractivity contribution < 1.29 is 14.3 Å². The quantitative estimate of drug-likeness (QED) is 0.914. The maximum atomic E-state index is 11.2. The largest absolute Gasteiger partial charge is 0.462 e. The molecule has 0 aromatic heterocycles. The van der Waals surface area contributed by atoms with Crippen LogP contribution in [-0.2, 0) is 20.7 Å². The van der Waals surface area contributed by atoms with E-state index in [-0.39, 0.29) is 18.7 Å². The summed E-state index contributed by atoms with van der Waals surface area (Å²) in [6.07, 6.45) is 2.35. The first-order chi connectivity index (χ1) is 9.81. The minimum atomic E-state index is -0.103. The highest BCUT2D eigenvalue weighted by Gasteiger charge is 2.24. The first-order valence-corrected chi connectivity index (χ1v) is 7.29. The Morgan fingerprint density at radius 1 is 1.35 bits per heavy atom. The Morgan fingerprint density at radius 2 is 2.20 bits per heavy atom. The number of nitrogens with zero attached hydrogens (tertiary/aromatic N) is 1. The average Bonchev–Trinajstić information content (AvgIpc) is 3.11. The molecule has 1 amide bonds. The third-order valence-electron chi connectivity index (χ3n) is 2.98. The predicted molar refractivity (Wildman–Crippen MR) is 77.1 cm³/mol. The summed E-state index contributed by atoms with van der Waals surface area (Å²) in [5.41, 5.74) is 1.18. The highest BCUT2D eigenvalue weighted by atomic mass is 32.2. The Bertz CT molecular complexity index is 557. The van der Waals surface area contributed by atoms with Crippen molar-refractivity contribution in [2.45, 2.75) is 12.5 Å². The van der Waals surface area contributed by atoms with Crippen LogP contribution in [0, 0.1) is 0 Å². The highest BCUT2D eigenvalue weighted by molar-refractivity contribution is 8.14. The van der Waals surface area contributed by atoms with Gasteiger partial charge < -0.3 is 14.8 Å². The number of amides is 1. The molecule has 2 aliphatic heterocycles. The van der Waals surface area contributed by atoms with Crippen molar-refractivity contribution >= 4 is 22.8 Å². The molecule has 1 atom stereocenters. The maximum absolute atomic E-state index is 11.2. The molecule has 2 aliphatic rings. The van der Waals surface area contributed by atoms with Gasteiger partial charge in [0.05, 0.1) is 11.8 Å². The monoisotopic (exact) mass is 290 g/mol. The van der Waals surface area contributed by atoms with Gasteiger partial charge in [-0.2, -0.15) is 4.99 Å². The average molecular weight is 290 g/mol. The van der Waals surface area contributed by atoms with E-state index in [4.69, 9.17) is 9.47 Å². The van der Waals surface area contributed by atoms with Crippen molar-refractivity contribution in [2.24, 2.45) is 4.99 Å². The van der Waals surface area contributed by atoms with Crippen molar-refractivity contribution in [3.63, 3.8) is 0 Å². The molecule has 1 aromatic carbocycles. The maximum Gasteiger partial charge on any atom is 0.258 e. The molecule has 0 radical (unpaired) electrons. The lowest BCUT2D eigenvalue weighted by Crippen LogP contribution is -2.36. The summed E-state index contributed by atoms with van der Waals surface area (Å²) in [7, 11) is 0. The zero-order chi connectivity index (χ0) is 13.8. The van der Waals surface area contributed by atoms with E-state index >= 15 is 0 Å². The molecule has 0 bridgehead atoms. The van der Waals surface area contributed by atoms with Crippen molar-refractivity contribution in [1.29, 1.82) is 0 Å². The van der Waals surface area contributed by atoms with E-state index in [1.807, 2.05) is 18.2 Å². The predicted octanol–water partition coefficient (Wildman–Crippen LogP) is 1.66. The van der Waals surface area contributed by atoms with Crippen LogP contribution in [0.3, 0.4) is 0 Å². The normalized spacial score (nSPS) is 18.9. The number of benzene rings is 1. The number of rotatable bonds is 4. The molecule has 104 valence electrons. The van der Waals surface area contributed by atoms with E-state index in [0.29, 0.717) is 10.9 Å². The molecule has 1 unspecified atom stereocenters. The van der Waals surface area contributed by atoms with E-state index in [2.05, 4.69) is 22.4 Å². The van der Waals surface area contributed by atoms with Crippen LogP contribution in [0.4, 0.5) is 0 Å². The van der Waals surface area contributed by atoms with Gasteiger partial charge in [0.15, 0.2) is 10.9 Å². The van der Waals surface area contributed by atoms with Crippen LogP contribution < -0.4 is 5.32 Å². The molecule has 0 fully saturated rings. The molecule has 5 nitrogen and oxygen atoms in total. The fraction of sp³-hybridized carbons (Fsp3) is 0.286. The Balaban J connectivity index is 1.74. The second-order valence-corrected chi connectivity index (χ2v) is 5.40. The summed E-state index contributed by atoms with van der Waals surface area (Å²) >= 11 is 1.41. The summed E-state index contributed by atoms with van der Waals surface area (Å²) in [6, 6.07) is 10.0. The van der Waals surface area contributed by atoms with Crippen LogP contribution >= 0.6 is 11.8 Å². The number of ether oxygens (including phenoxy) is 2. The molecule has 6 heteroatoms. The van der Waals surface area contributed by atoms with Gasteiger partial charge in [-0.05, 0) is 12.0 Å². The van der Waals surface area contributed by atoms with Crippen molar-refractivity contribution in [2.75, 3.05) is 12.5 Å². The first kappa shape index (κ1) is 13.1. The van der Waals surface area contributed by atoms with Gasteiger partial charge in [-0.15, -0.1) is 0 Å². The molecular formula is C14H14N2O3S. The van der Waals surface area contributed by atoms with Gasteiger partial charge in [0, 0.05) is 0 Å². The number of carbonyl (C=O) groups excluding carboxylic acids is 1. The van der Waals surface area contributed by atoms with Crippen molar-refractivity contribution in [1.82, 2.24) is 5.32 Å². The Labute approximate surface area is 121 Å². The lowest BCUT2D eigenvalue weighted by molar-refractivity contribution is -0.115. The summed E-state index contributed by atoms with van der Waals surface area (Å²) in [4.78, 5) is 15.1. The number of amidine groups is 1. The van der Waals surface area contributed by atoms with E-state index in [9.17, 15) is 4.79 Å². The molecule has 1 aromatic rings. The second kappa shape index (κ2) is 6.00. The SMILES string of the molecule is O=C1CSC(NC(Cc2ccccc2)C2=COCO2)=N1. The zero-order valence-corrected chi connectivity index (χ0v) is 11.6. The van der Waals surface area contributed by atoms with Crippen LogP contribution in [0.25, 0.3) is 0 Å². The van der Waals surface area contributed by atoms with E-state index in [0.717, 1.165) is 12.2 Å². The molecule has 1 N–H and O–H groups in total. The van der Waals surface area contributed by atoms with E-state index in [1.165, 1.54) is 17.3 Å². The van der Waals surface area contributed by atoms with Gasteiger partial charge in [0.1, 0.15) is 6.26 Å². The van der Waals surface area contributed by atoms with E-state index in [1.54, 1.807) is 6.26 Å². The van der Waals surface area contributed by atoms with Crippen LogP contribution in [-0.4, -0.2) is 29.7 Å². The summed E-state index contributed by atoms with van der Waals surface area (Å²) in [5.74, 6) is 1.03. The summed E-state index contributed by atoms with van der Waals surface area (Å²) < 4.78 is 10.6. The summed E-state index contributed by atoms with van der Waals surface area (Å²) in [5, 5.41) is 3.90. The molecule has 0 saturated carbocycles. The Kier molecular flexibility index (Phi) is 3.92. The topological polar surface area (TPSA) is 59.9 Å². The number of aliphatic imine (C=N–C) groups is 1. The number of hydrogen-bond acceptors (Lipinski definition) is 5. The fourth-order valence-electron chi connectivity index (χ4n) is 2.04. The number of carbonyl (C=O) groups is 1. The Hall–Kier alpha value is -1.95. The highest BCUT2D eigenvalue weighted by Crippen LogP contribution is 2.19. The van der Waals surface area contributed by atoms with Crippen LogP contribution in [0.5, 0.6) is 0 Å². The minimum Gasteiger partial charge on any atom is -0.462 e. The van der Waals surface area contributed by atoms with Crippen LogP contribution in [0.1, 0.15) is 5.56 Å². The van der Waals surface area contributed by atoms with Gasteiger partial charge in [-0.1, -0.05) is 42.1 Å². The molecule has 0 aliphatic carbocycles. The van der Waals surface area contributed by atoms with Crippen LogP contribution in [0.2, 0.25) is 0 Å². The molecule has 0 saturated heterocycles. The van der Waals surface area contributed by atoms with Gasteiger partial charge in [0.2, 0.25) is 6.79 Å². The van der Waals surface area contributed by atoms with Gasteiger partial charge in [-0.25, -0.2) is 0 Å². The molecule has 2 heterocycles. The molecule has 0 spiro atoms. The van der Waals surface area contributed by atoms with E-state index < -0.39 is 0 Å². The Morgan fingerprint density at radius 3 is 2.85 bits per heavy atom. The minimum absolute atomic E-state index is 0.0861. The number of hydrogen-bond donors (Lipinski definition) is 1. The van der Waals surface area contributed by atoms with Crippen LogP contribution in [0.15, 0.2) is 47.3 Å². The van der Waals surface area contributed by atoms with Gasteiger partial charge >= 0.3 is 0 Å². The fourth-order valence-corrected chi connectivity index (χ4v) is 2.76. The molecule has 3 rings (SSSR count). The molecule has 20 heavy (non-hydrogen) atoms. The van der Waals surface area contributed by atoms with Gasteiger partial charge in [-0.3, -0.25) is 4.79 Å². The van der Waals surface area contributed by atoms with Gasteiger partial charge in [0.25, 0.3) is 5.91 Å².